The van der Waals surface area contributed by atoms with Gasteiger partial charge < -0.3 is 24.8 Å². The lowest BCUT2D eigenvalue weighted by Gasteiger charge is -2.26. The molecule has 0 radical (unpaired) electrons. The first-order valence-corrected chi connectivity index (χ1v) is 8.21. The first kappa shape index (κ1) is 20.0. The summed E-state index contributed by atoms with van der Waals surface area (Å²) in [5.74, 6) is -2.11. The molecule has 1 heterocycles. The van der Waals surface area contributed by atoms with E-state index in [2.05, 4.69) is 15.4 Å². The minimum Gasteiger partial charge on any atom is -0.465 e. The van der Waals surface area contributed by atoms with Crippen LogP contribution in [-0.4, -0.2) is 50.3 Å². The smallest absolute Gasteiger partial charge is 0.339 e. The number of esters is 3. The van der Waals surface area contributed by atoms with E-state index >= 15 is 0 Å². The Kier molecular flexibility index (Phi) is 6.53. The van der Waals surface area contributed by atoms with Crippen molar-refractivity contribution in [2.24, 2.45) is 0 Å². The van der Waals surface area contributed by atoms with E-state index in [1.54, 1.807) is 26.0 Å². The predicted octanol–water partition coefficient (Wildman–Crippen LogP) is 1.15. The molecule has 9 heteroatoms. The van der Waals surface area contributed by atoms with E-state index in [1.165, 1.54) is 19.2 Å². The Hall–Kier alpha value is -3.36. The monoisotopic (exact) mass is 376 g/mol. The summed E-state index contributed by atoms with van der Waals surface area (Å²) in [6, 6.07) is 4.85. The summed E-state index contributed by atoms with van der Waals surface area (Å²) in [5.41, 5.74) is 0.336. The lowest BCUT2D eigenvalue weighted by atomic mass is 10.0. The molecule has 1 unspecified atom stereocenters. The van der Waals surface area contributed by atoms with Crippen molar-refractivity contribution in [2.75, 3.05) is 20.3 Å². The van der Waals surface area contributed by atoms with Gasteiger partial charge in [0.05, 0.1) is 42.2 Å². The van der Waals surface area contributed by atoms with E-state index in [0.29, 0.717) is 0 Å². The summed E-state index contributed by atoms with van der Waals surface area (Å²) in [6.45, 7) is 3.05. The maximum absolute atomic E-state index is 12.4. The average molecular weight is 376 g/mol. The van der Waals surface area contributed by atoms with Gasteiger partial charge in [0.25, 0.3) is 0 Å². The number of amides is 2. The number of methoxy groups -OCH3 is 1. The minimum absolute atomic E-state index is 0.0101. The maximum atomic E-state index is 12.4. The molecular formula is C18H20N2O7. The van der Waals surface area contributed by atoms with Crippen LogP contribution in [0.2, 0.25) is 0 Å². The summed E-state index contributed by atoms with van der Waals surface area (Å²) in [7, 11) is 1.20. The van der Waals surface area contributed by atoms with Crippen LogP contribution in [0.1, 0.15) is 34.6 Å². The molecular weight excluding hydrogens is 356 g/mol. The van der Waals surface area contributed by atoms with Gasteiger partial charge in [-0.1, -0.05) is 12.1 Å². The SMILES string of the molecule is CCOC(=O)C1=C(COC(=O)c2ccccc2C(=O)OC)NC(=O)NC1C. The number of hydrogen-bond donors (Lipinski definition) is 2. The molecule has 0 saturated heterocycles. The minimum atomic E-state index is -0.799. The third kappa shape index (κ3) is 4.63. The summed E-state index contributed by atoms with van der Waals surface area (Å²) in [5, 5.41) is 4.99. The molecule has 144 valence electrons. The highest BCUT2D eigenvalue weighted by Crippen LogP contribution is 2.16. The number of carbonyl (C=O) groups excluding carboxylic acids is 4. The number of rotatable bonds is 6. The van der Waals surface area contributed by atoms with Gasteiger partial charge in [-0.2, -0.15) is 0 Å². The van der Waals surface area contributed by atoms with E-state index in [0.717, 1.165) is 0 Å². The Morgan fingerprint density at radius 2 is 1.67 bits per heavy atom. The number of urea groups is 1. The van der Waals surface area contributed by atoms with Crippen LogP contribution < -0.4 is 10.6 Å². The van der Waals surface area contributed by atoms with E-state index in [1.807, 2.05) is 0 Å². The van der Waals surface area contributed by atoms with Crippen LogP contribution in [-0.2, 0) is 19.0 Å². The van der Waals surface area contributed by atoms with Crippen molar-refractivity contribution in [1.82, 2.24) is 10.6 Å². The van der Waals surface area contributed by atoms with Crippen LogP contribution in [0.5, 0.6) is 0 Å². The average Bonchev–Trinajstić information content (AvgIpc) is 2.65. The van der Waals surface area contributed by atoms with Crippen molar-refractivity contribution in [3.05, 3.63) is 46.7 Å². The molecule has 27 heavy (non-hydrogen) atoms. The van der Waals surface area contributed by atoms with Crippen molar-refractivity contribution in [1.29, 1.82) is 0 Å². The molecule has 2 amide bonds. The van der Waals surface area contributed by atoms with Crippen LogP contribution in [0.15, 0.2) is 35.5 Å². The molecule has 0 fully saturated rings. The second-order valence-electron chi connectivity index (χ2n) is 5.55. The first-order chi connectivity index (χ1) is 12.9. The Morgan fingerprint density at radius 1 is 1.04 bits per heavy atom. The van der Waals surface area contributed by atoms with Crippen LogP contribution in [0, 0.1) is 0 Å². The highest BCUT2D eigenvalue weighted by molar-refractivity contribution is 6.03. The number of benzene rings is 1. The van der Waals surface area contributed by atoms with Gasteiger partial charge in [0, 0.05) is 0 Å². The zero-order valence-electron chi connectivity index (χ0n) is 15.2. The maximum Gasteiger partial charge on any atom is 0.339 e. The first-order valence-electron chi connectivity index (χ1n) is 8.21. The molecule has 0 aromatic heterocycles. The van der Waals surface area contributed by atoms with E-state index in [9.17, 15) is 19.2 Å². The molecule has 1 aliphatic heterocycles. The second-order valence-corrected chi connectivity index (χ2v) is 5.55. The third-order valence-electron chi connectivity index (χ3n) is 3.77. The van der Waals surface area contributed by atoms with Gasteiger partial charge in [-0.15, -0.1) is 0 Å². The summed E-state index contributed by atoms with van der Waals surface area (Å²) < 4.78 is 14.8. The molecule has 2 rings (SSSR count). The van der Waals surface area contributed by atoms with Gasteiger partial charge in [-0.25, -0.2) is 19.2 Å². The fourth-order valence-electron chi connectivity index (χ4n) is 2.56. The zero-order valence-corrected chi connectivity index (χ0v) is 15.2. The molecule has 2 N–H and O–H groups in total. The van der Waals surface area contributed by atoms with Gasteiger partial charge in [0.2, 0.25) is 0 Å². The van der Waals surface area contributed by atoms with E-state index in [4.69, 9.17) is 9.47 Å². The predicted molar refractivity (Wildman–Crippen MR) is 92.9 cm³/mol. The normalized spacial score (nSPS) is 16.1. The molecule has 0 aliphatic carbocycles. The van der Waals surface area contributed by atoms with Gasteiger partial charge in [0.15, 0.2) is 0 Å². The van der Waals surface area contributed by atoms with Crippen LogP contribution >= 0.6 is 0 Å². The fourth-order valence-corrected chi connectivity index (χ4v) is 2.56. The van der Waals surface area contributed by atoms with Gasteiger partial charge >= 0.3 is 23.9 Å². The Balaban J connectivity index is 2.24. The highest BCUT2D eigenvalue weighted by atomic mass is 16.5. The third-order valence-corrected chi connectivity index (χ3v) is 3.77. The number of nitrogens with one attached hydrogen (secondary N) is 2. The Morgan fingerprint density at radius 3 is 2.26 bits per heavy atom. The number of hydrogen-bond acceptors (Lipinski definition) is 7. The number of carbonyl (C=O) groups is 4. The molecule has 1 aromatic carbocycles. The summed E-state index contributed by atoms with van der Waals surface area (Å²) in [4.78, 5) is 48.0. The standard InChI is InChI=1S/C18H20N2O7/c1-4-26-17(23)14-10(2)19-18(24)20-13(14)9-27-16(22)12-8-6-5-7-11(12)15(21)25-3/h5-8,10H,4,9H2,1-3H3,(H2,19,20,24). The zero-order chi connectivity index (χ0) is 20.0. The molecule has 1 atom stereocenters. The Labute approximate surface area is 155 Å². The fraction of sp³-hybridized carbons (Fsp3) is 0.333. The van der Waals surface area contributed by atoms with Crippen LogP contribution in [0.3, 0.4) is 0 Å². The lowest BCUT2D eigenvalue weighted by molar-refractivity contribution is -0.139. The number of ether oxygens (including phenoxy) is 3. The molecule has 0 saturated carbocycles. The van der Waals surface area contributed by atoms with Crippen molar-refractivity contribution in [2.45, 2.75) is 19.9 Å². The van der Waals surface area contributed by atoms with Crippen molar-refractivity contribution >= 4 is 23.9 Å². The topological polar surface area (TPSA) is 120 Å². The lowest BCUT2D eigenvalue weighted by Crippen LogP contribution is -2.50. The van der Waals surface area contributed by atoms with Crippen LogP contribution in [0.25, 0.3) is 0 Å². The van der Waals surface area contributed by atoms with Gasteiger partial charge in [-0.3, -0.25) is 0 Å². The largest absolute Gasteiger partial charge is 0.465 e. The molecule has 1 aromatic rings. The molecule has 1 aliphatic rings. The summed E-state index contributed by atoms with van der Waals surface area (Å²) >= 11 is 0. The Bertz CT molecular complexity index is 801. The van der Waals surface area contributed by atoms with Crippen molar-refractivity contribution in [3.8, 4) is 0 Å². The highest BCUT2D eigenvalue weighted by Gasteiger charge is 2.30. The summed E-state index contributed by atoms with van der Waals surface area (Å²) in [6.07, 6.45) is 0. The molecule has 9 nitrogen and oxygen atoms in total. The van der Waals surface area contributed by atoms with Gasteiger partial charge in [-0.05, 0) is 26.0 Å². The second kappa shape index (κ2) is 8.84. The van der Waals surface area contributed by atoms with Gasteiger partial charge in [0.1, 0.15) is 6.61 Å². The molecule has 0 bridgehead atoms. The van der Waals surface area contributed by atoms with E-state index in [-0.39, 0.29) is 35.6 Å². The van der Waals surface area contributed by atoms with Crippen molar-refractivity contribution in [3.63, 3.8) is 0 Å². The quantitative estimate of drug-likeness (QED) is 0.564. The van der Waals surface area contributed by atoms with Crippen molar-refractivity contribution < 1.29 is 33.4 Å². The van der Waals surface area contributed by atoms with Crippen LogP contribution in [0.4, 0.5) is 4.79 Å². The molecule has 0 spiro atoms. The van der Waals surface area contributed by atoms with E-state index < -0.39 is 30.0 Å².